The largest absolute Gasteiger partial charge is 0.444 e. The number of aromatic amines is 1. The van der Waals surface area contributed by atoms with Crippen molar-refractivity contribution in [3.63, 3.8) is 0 Å². The van der Waals surface area contributed by atoms with Crippen LogP contribution in [0.3, 0.4) is 0 Å². The average Bonchev–Trinajstić information content (AvgIpc) is 3.47. The van der Waals surface area contributed by atoms with Gasteiger partial charge in [-0.25, -0.2) is 9.78 Å². The first kappa shape index (κ1) is 22.2. The van der Waals surface area contributed by atoms with Crippen LogP contribution in [-0.2, 0) is 4.74 Å². The highest BCUT2D eigenvalue weighted by atomic mass is 16.6. The molecule has 2 aromatic carbocycles. The molecule has 1 aliphatic rings. The van der Waals surface area contributed by atoms with Crippen LogP contribution in [0.4, 0.5) is 4.79 Å². The molecule has 5 heteroatoms. The lowest BCUT2D eigenvalue weighted by molar-refractivity contribution is 0.0218. The summed E-state index contributed by atoms with van der Waals surface area (Å²) < 4.78 is 5.59. The summed E-state index contributed by atoms with van der Waals surface area (Å²) in [5.74, 6) is 8.92. The van der Waals surface area contributed by atoms with Crippen molar-refractivity contribution in [3.8, 4) is 46.6 Å². The molecule has 0 unspecified atom stereocenters. The van der Waals surface area contributed by atoms with Gasteiger partial charge in [0.15, 0.2) is 0 Å². The van der Waals surface area contributed by atoms with Crippen LogP contribution in [0.2, 0.25) is 0 Å². The Bertz CT molecular complexity index is 1250. The SMILES string of the molecule is C#CC#Cc1ccc(-c2cnc([C@@H]3CCCN3C(=O)OC(C)(C)C)[nH]2)cc1-c1ccccc1. The Balaban J connectivity index is 1.65. The van der Waals surface area contributed by atoms with Crippen molar-refractivity contribution in [1.29, 1.82) is 0 Å². The molecule has 0 radical (unpaired) electrons. The Hall–Kier alpha value is -3.96. The van der Waals surface area contributed by atoms with Crippen LogP contribution < -0.4 is 0 Å². The van der Waals surface area contributed by atoms with E-state index in [0.717, 1.165) is 46.6 Å². The lowest BCUT2D eigenvalue weighted by Gasteiger charge is -2.27. The maximum atomic E-state index is 12.7. The number of likely N-dealkylation sites (tertiary alicyclic amines) is 1. The van der Waals surface area contributed by atoms with Gasteiger partial charge in [-0.05, 0) is 68.7 Å². The van der Waals surface area contributed by atoms with Gasteiger partial charge in [0, 0.05) is 17.7 Å². The van der Waals surface area contributed by atoms with Crippen LogP contribution in [-0.4, -0.2) is 33.1 Å². The summed E-state index contributed by atoms with van der Waals surface area (Å²) in [6.07, 6.45) is 8.62. The Morgan fingerprint density at radius 3 is 2.70 bits per heavy atom. The van der Waals surface area contributed by atoms with Gasteiger partial charge in [-0.1, -0.05) is 42.3 Å². The Morgan fingerprint density at radius 1 is 1.18 bits per heavy atom. The number of carbonyl (C=O) groups is 1. The van der Waals surface area contributed by atoms with E-state index in [9.17, 15) is 4.79 Å². The topological polar surface area (TPSA) is 58.2 Å². The fourth-order valence-electron chi connectivity index (χ4n) is 4.02. The number of terminal acetylenes is 1. The molecule has 0 bridgehead atoms. The first-order chi connectivity index (χ1) is 15.9. The molecule has 1 amide bonds. The van der Waals surface area contributed by atoms with E-state index in [1.807, 2.05) is 57.3 Å². The van der Waals surface area contributed by atoms with Crippen LogP contribution in [0.1, 0.15) is 51.0 Å². The molecule has 5 nitrogen and oxygen atoms in total. The van der Waals surface area contributed by atoms with Crippen molar-refractivity contribution in [2.24, 2.45) is 0 Å². The van der Waals surface area contributed by atoms with Crippen molar-refractivity contribution in [1.82, 2.24) is 14.9 Å². The summed E-state index contributed by atoms with van der Waals surface area (Å²) in [4.78, 5) is 22.5. The maximum Gasteiger partial charge on any atom is 0.410 e. The van der Waals surface area contributed by atoms with Gasteiger partial charge in [-0.3, -0.25) is 4.90 Å². The summed E-state index contributed by atoms with van der Waals surface area (Å²) in [6.45, 7) is 6.30. The highest BCUT2D eigenvalue weighted by Gasteiger charge is 2.34. The predicted octanol–water partition coefficient (Wildman–Crippen LogP) is 5.80. The highest BCUT2D eigenvalue weighted by molar-refractivity contribution is 5.77. The van der Waals surface area contributed by atoms with Crippen molar-refractivity contribution >= 4 is 6.09 Å². The maximum absolute atomic E-state index is 12.7. The zero-order valence-corrected chi connectivity index (χ0v) is 19.2. The minimum atomic E-state index is -0.531. The molecular weight excluding hydrogens is 410 g/mol. The summed E-state index contributed by atoms with van der Waals surface area (Å²) in [7, 11) is 0. The number of H-pyrrole nitrogens is 1. The summed E-state index contributed by atoms with van der Waals surface area (Å²) in [5, 5.41) is 0. The van der Waals surface area contributed by atoms with Gasteiger partial charge in [-0.2, -0.15) is 0 Å². The zero-order valence-electron chi connectivity index (χ0n) is 19.2. The second-order valence-electron chi connectivity index (χ2n) is 9.03. The molecule has 0 aliphatic carbocycles. The van der Waals surface area contributed by atoms with Gasteiger partial charge in [0.05, 0.1) is 17.9 Å². The number of hydrogen-bond donors (Lipinski definition) is 1. The molecule has 1 N–H and O–H groups in total. The number of benzene rings is 2. The Kier molecular flexibility index (Phi) is 6.24. The number of carbonyl (C=O) groups excluding carboxylic acids is 1. The van der Waals surface area contributed by atoms with Gasteiger partial charge in [0.25, 0.3) is 0 Å². The molecule has 1 atom stereocenters. The molecule has 1 aliphatic heterocycles. The lowest BCUT2D eigenvalue weighted by Crippen LogP contribution is -2.36. The minimum Gasteiger partial charge on any atom is -0.444 e. The van der Waals surface area contributed by atoms with Gasteiger partial charge in [-0.15, -0.1) is 6.42 Å². The van der Waals surface area contributed by atoms with Crippen molar-refractivity contribution in [2.45, 2.75) is 45.3 Å². The third-order valence-corrected chi connectivity index (χ3v) is 5.48. The van der Waals surface area contributed by atoms with Crippen molar-refractivity contribution in [2.75, 3.05) is 6.54 Å². The molecule has 166 valence electrons. The number of aromatic nitrogens is 2. The number of imidazole rings is 1. The molecular formula is C28H27N3O2. The van der Waals surface area contributed by atoms with E-state index in [4.69, 9.17) is 11.2 Å². The van der Waals surface area contributed by atoms with Crippen LogP contribution in [0.15, 0.2) is 54.7 Å². The van der Waals surface area contributed by atoms with E-state index in [2.05, 4.69) is 45.9 Å². The first-order valence-electron chi connectivity index (χ1n) is 11.1. The molecule has 33 heavy (non-hydrogen) atoms. The van der Waals surface area contributed by atoms with Crippen LogP contribution >= 0.6 is 0 Å². The molecule has 1 saturated heterocycles. The van der Waals surface area contributed by atoms with E-state index in [-0.39, 0.29) is 12.1 Å². The Morgan fingerprint density at radius 2 is 1.97 bits per heavy atom. The second-order valence-corrected chi connectivity index (χ2v) is 9.03. The van der Waals surface area contributed by atoms with E-state index in [1.165, 1.54) is 0 Å². The van der Waals surface area contributed by atoms with Gasteiger partial charge < -0.3 is 9.72 Å². The monoisotopic (exact) mass is 437 g/mol. The summed E-state index contributed by atoms with van der Waals surface area (Å²) in [6, 6.07) is 16.0. The van der Waals surface area contributed by atoms with Crippen LogP contribution in [0.5, 0.6) is 0 Å². The number of ether oxygens (including phenoxy) is 1. The van der Waals surface area contributed by atoms with Crippen LogP contribution in [0.25, 0.3) is 22.4 Å². The van der Waals surface area contributed by atoms with Crippen molar-refractivity contribution in [3.05, 3.63) is 66.1 Å². The molecule has 0 saturated carbocycles. The predicted molar refractivity (Wildman–Crippen MR) is 130 cm³/mol. The van der Waals surface area contributed by atoms with Gasteiger partial charge in [0.2, 0.25) is 0 Å². The van der Waals surface area contributed by atoms with E-state index in [1.54, 1.807) is 4.90 Å². The Labute approximate surface area is 195 Å². The normalized spacial score (nSPS) is 15.5. The summed E-state index contributed by atoms with van der Waals surface area (Å²) in [5.41, 5.74) is 4.27. The fourth-order valence-corrected chi connectivity index (χ4v) is 4.02. The van der Waals surface area contributed by atoms with Gasteiger partial charge in [0.1, 0.15) is 11.4 Å². The lowest BCUT2D eigenvalue weighted by atomic mass is 9.96. The molecule has 3 aromatic rings. The number of hydrogen-bond acceptors (Lipinski definition) is 3. The van der Waals surface area contributed by atoms with E-state index < -0.39 is 5.60 Å². The molecule has 1 aromatic heterocycles. The van der Waals surface area contributed by atoms with Crippen LogP contribution in [0, 0.1) is 24.2 Å². The van der Waals surface area contributed by atoms with Gasteiger partial charge >= 0.3 is 6.09 Å². The molecule has 0 spiro atoms. The average molecular weight is 438 g/mol. The quantitative estimate of drug-likeness (QED) is 0.527. The first-order valence-corrected chi connectivity index (χ1v) is 11.1. The molecule has 1 fully saturated rings. The summed E-state index contributed by atoms with van der Waals surface area (Å²) >= 11 is 0. The number of nitrogens with one attached hydrogen (secondary N) is 1. The third-order valence-electron chi connectivity index (χ3n) is 5.48. The smallest absolute Gasteiger partial charge is 0.410 e. The number of nitrogens with zero attached hydrogens (tertiary/aromatic N) is 2. The zero-order chi connectivity index (χ0) is 23.4. The minimum absolute atomic E-state index is 0.122. The standard InChI is InChI=1S/C28H27N3O2/c1-5-6-11-21-15-16-22(18-23(21)20-12-8-7-9-13-20)24-19-29-26(30-24)25-14-10-17-31(25)27(32)33-28(2,3)4/h1,7-9,12-13,15-16,18-19,25H,10,14,17H2,2-4H3,(H,29,30)/t25-/m0/s1. The third kappa shape index (κ3) is 5.10. The molecule has 2 heterocycles. The molecule has 4 rings (SSSR count). The number of amides is 1. The van der Waals surface area contributed by atoms with E-state index >= 15 is 0 Å². The van der Waals surface area contributed by atoms with Crippen molar-refractivity contribution < 1.29 is 9.53 Å². The number of rotatable bonds is 3. The van der Waals surface area contributed by atoms with E-state index in [0.29, 0.717) is 6.54 Å². The fraction of sp³-hybridized carbons (Fsp3) is 0.286. The second kappa shape index (κ2) is 9.27. The highest BCUT2D eigenvalue weighted by Crippen LogP contribution is 2.34.